The van der Waals surface area contributed by atoms with Gasteiger partial charge in [0, 0.05) is 36.5 Å². The fraction of sp³-hybridized carbons (Fsp3) is 0.625. The first-order valence-electron chi connectivity index (χ1n) is 7.49. The minimum Gasteiger partial charge on any atom is -0.496 e. The lowest BCUT2D eigenvalue weighted by Crippen LogP contribution is -2.31. The van der Waals surface area contributed by atoms with E-state index < -0.39 is 0 Å². The predicted octanol–water partition coefficient (Wildman–Crippen LogP) is 2.46. The predicted molar refractivity (Wildman–Crippen MR) is 82.3 cm³/mol. The maximum absolute atomic E-state index is 9.05. The Morgan fingerprint density at radius 2 is 2.30 bits per heavy atom. The monoisotopic (exact) mass is 278 g/mol. The summed E-state index contributed by atoms with van der Waals surface area (Å²) in [5.41, 5.74) is 8.44. The molecule has 1 aromatic carbocycles. The van der Waals surface area contributed by atoms with Crippen LogP contribution in [0, 0.1) is 0 Å². The van der Waals surface area contributed by atoms with Crippen LogP contribution in [0.4, 0.5) is 5.69 Å². The summed E-state index contributed by atoms with van der Waals surface area (Å²) in [6.45, 7) is 3.33. The fourth-order valence-electron chi connectivity index (χ4n) is 3.20. The summed E-state index contributed by atoms with van der Waals surface area (Å²) in [5.74, 6) is 0.866. The highest BCUT2D eigenvalue weighted by Crippen LogP contribution is 2.37. The van der Waals surface area contributed by atoms with Gasteiger partial charge < -0.3 is 20.5 Å². The molecule has 1 saturated heterocycles. The molecule has 1 heterocycles. The van der Waals surface area contributed by atoms with E-state index in [1.54, 1.807) is 7.11 Å². The Balaban J connectivity index is 2.31. The molecule has 1 unspecified atom stereocenters. The molecule has 20 heavy (non-hydrogen) atoms. The van der Waals surface area contributed by atoms with Crippen LogP contribution in [0.5, 0.6) is 5.75 Å². The molecule has 0 aliphatic carbocycles. The Hall–Kier alpha value is -1.26. The second-order valence-electron chi connectivity index (χ2n) is 5.54. The summed E-state index contributed by atoms with van der Waals surface area (Å²) < 4.78 is 5.48. The van der Waals surface area contributed by atoms with Crippen LogP contribution in [0.2, 0.25) is 0 Å². The second-order valence-corrected chi connectivity index (χ2v) is 5.54. The van der Waals surface area contributed by atoms with Crippen molar-refractivity contribution in [3.8, 4) is 5.75 Å². The molecular formula is C16H26N2O2. The number of hydrogen-bond donors (Lipinski definition) is 2. The van der Waals surface area contributed by atoms with E-state index in [0.29, 0.717) is 6.04 Å². The highest BCUT2D eigenvalue weighted by Gasteiger charge is 2.27. The first-order chi connectivity index (χ1) is 9.69. The summed E-state index contributed by atoms with van der Waals surface area (Å²) >= 11 is 0. The average molecular weight is 278 g/mol. The van der Waals surface area contributed by atoms with E-state index in [2.05, 4.69) is 11.0 Å². The van der Waals surface area contributed by atoms with Crippen molar-refractivity contribution in [3.63, 3.8) is 0 Å². The number of ether oxygens (including phenoxy) is 1. The zero-order chi connectivity index (χ0) is 14.5. The van der Waals surface area contributed by atoms with Crippen LogP contribution in [0.25, 0.3) is 0 Å². The SMILES string of the molecule is COc1cccc(N2CCCC2CCCO)c1[C@H](C)N. The smallest absolute Gasteiger partial charge is 0.125 e. The van der Waals surface area contributed by atoms with Crippen LogP contribution in [-0.2, 0) is 0 Å². The minimum atomic E-state index is -0.0553. The molecule has 4 nitrogen and oxygen atoms in total. The molecular weight excluding hydrogens is 252 g/mol. The molecule has 2 atom stereocenters. The van der Waals surface area contributed by atoms with E-state index in [4.69, 9.17) is 15.6 Å². The van der Waals surface area contributed by atoms with Crippen LogP contribution < -0.4 is 15.4 Å². The molecule has 0 spiro atoms. The highest BCUT2D eigenvalue weighted by atomic mass is 16.5. The molecule has 1 fully saturated rings. The van der Waals surface area contributed by atoms with Crippen LogP contribution in [-0.4, -0.2) is 31.4 Å². The normalized spacial score (nSPS) is 20.2. The Morgan fingerprint density at radius 3 is 2.95 bits per heavy atom. The highest BCUT2D eigenvalue weighted by molar-refractivity contribution is 5.61. The third kappa shape index (κ3) is 3.07. The number of benzene rings is 1. The summed E-state index contributed by atoms with van der Waals surface area (Å²) in [6.07, 6.45) is 4.28. The van der Waals surface area contributed by atoms with E-state index in [0.717, 1.165) is 30.7 Å². The Kier molecular flexibility index (Phi) is 5.26. The number of nitrogens with two attached hydrogens (primary N) is 1. The van der Waals surface area contributed by atoms with Crippen molar-refractivity contribution in [1.29, 1.82) is 0 Å². The summed E-state index contributed by atoms with van der Waals surface area (Å²) in [5, 5.41) is 9.05. The van der Waals surface area contributed by atoms with E-state index >= 15 is 0 Å². The second kappa shape index (κ2) is 6.95. The van der Waals surface area contributed by atoms with Crippen molar-refractivity contribution in [1.82, 2.24) is 0 Å². The summed E-state index contributed by atoms with van der Waals surface area (Å²) in [6, 6.07) is 6.59. The van der Waals surface area contributed by atoms with Gasteiger partial charge in [0.25, 0.3) is 0 Å². The van der Waals surface area contributed by atoms with Gasteiger partial charge in [-0.1, -0.05) is 6.07 Å². The van der Waals surface area contributed by atoms with Crippen molar-refractivity contribution in [2.75, 3.05) is 25.2 Å². The first-order valence-corrected chi connectivity index (χ1v) is 7.49. The molecule has 0 amide bonds. The number of anilines is 1. The standard InChI is InChI=1S/C16H26N2O2/c1-12(17)16-14(8-3-9-15(16)20-2)18-10-4-6-13(18)7-5-11-19/h3,8-9,12-13,19H,4-7,10-11,17H2,1-2H3/t12-,13?/m0/s1. The lowest BCUT2D eigenvalue weighted by molar-refractivity contribution is 0.279. The molecule has 2 rings (SSSR count). The third-order valence-electron chi connectivity index (χ3n) is 4.10. The molecule has 112 valence electrons. The number of aliphatic hydroxyl groups excluding tert-OH is 1. The Labute approximate surface area is 121 Å². The van der Waals surface area contributed by atoms with Gasteiger partial charge in [0.1, 0.15) is 5.75 Å². The Morgan fingerprint density at radius 1 is 1.50 bits per heavy atom. The van der Waals surface area contributed by atoms with E-state index in [1.165, 1.54) is 18.5 Å². The van der Waals surface area contributed by atoms with Crippen LogP contribution in [0.1, 0.15) is 44.2 Å². The third-order valence-corrected chi connectivity index (χ3v) is 4.10. The van der Waals surface area contributed by atoms with Gasteiger partial charge in [-0.2, -0.15) is 0 Å². The lowest BCUT2D eigenvalue weighted by atomic mass is 10.0. The van der Waals surface area contributed by atoms with Crippen molar-refractivity contribution in [3.05, 3.63) is 23.8 Å². The number of rotatable bonds is 6. The molecule has 0 bridgehead atoms. The van der Waals surface area contributed by atoms with Crippen LogP contribution in [0.3, 0.4) is 0 Å². The van der Waals surface area contributed by atoms with Gasteiger partial charge in [-0.15, -0.1) is 0 Å². The van der Waals surface area contributed by atoms with E-state index in [9.17, 15) is 0 Å². The molecule has 0 radical (unpaired) electrons. The summed E-state index contributed by atoms with van der Waals surface area (Å²) in [4.78, 5) is 2.44. The van der Waals surface area contributed by atoms with Crippen LogP contribution >= 0.6 is 0 Å². The number of hydrogen-bond acceptors (Lipinski definition) is 4. The van der Waals surface area contributed by atoms with Gasteiger partial charge in [0.05, 0.1) is 7.11 Å². The molecule has 3 N–H and O–H groups in total. The summed E-state index contributed by atoms with van der Waals surface area (Å²) in [7, 11) is 1.69. The molecule has 1 aliphatic rings. The van der Waals surface area contributed by atoms with Crippen molar-refractivity contribution in [2.45, 2.75) is 44.7 Å². The molecule has 1 aliphatic heterocycles. The number of aliphatic hydroxyl groups is 1. The Bertz CT molecular complexity index is 434. The first kappa shape index (κ1) is 15.1. The van der Waals surface area contributed by atoms with E-state index in [-0.39, 0.29) is 12.6 Å². The zero-order valence-electron chi connectivity index (χ0n) is 12.5. The van der Waals surface area contributed by atoms with Gasteiger partial charge in [0.2, 0.25) is 0 Å². The zero-order valence-corrected chi connectivity index (χ0v) is 12.5. The number of methoxy groups -OCH3 is 1. The topological polar surface area (TPSA) is 58.7 Å². The van der Waals surface area contributed by atoms with Gasteiger partial charge in [-0.05, 0) is 44.7 Å². The molecule has 4 heteroatoms. The largest absolute Gasteiger partial charge is 0.496 e. The van der Waals surface area contributed by atoms with Crippen molar-refractivity contribution >= 4 is 5.69 Å². The molecule has 0 aromatic heterocycles. The van der Waals surface area contributed by atoms with E-state index in [1.807, 2.05) is 19.1 Å². The minimum absolute atomic E-state index is 0.0553. The maximum atomic E-state index is 9.05. The van der Waals surface area contributed by atoms with Crippen molar-refractivity contribution < 1.29 is 9.84 Å². The van der Waals surface area contributed by atoms with Crippen LogP contribution in [0.15, 0.2) is 18.2 Å². The molecule has 1 aromatic rings. The fourth-order valence-corrected chi connectivity index (χ4v) is 3.20. The lowest BCUT2D eigenvalue weighted by Gasteiger charge is -2.30. The quantitative estimate of drug-likeness (QED) is 0.839. The van der Waals surface area contributed by atoms with Gasteiger partial charge in [-0.3, -0.25) is 0 Å². The maximum Gasteiger partial charge on any atom is 0.125 e. The molecule has 0 saturated carbocycles. The number of nitrogens with zero attached hydrogens (tertiary/aromatic N) is 1. The average Bonchev–Trinajstić information content (AvgIpc) is 2.92. The van der Waals surface area contributed by atoms with Crippen molar-refractivity contribution in [2.24, 2.45) is 5.73 Å². The van der Waals surface area contributed by atoms with Gasteiger partial charge >= 0.3 is 0 Å². The van der Waals surface area contributed by atoms with Gasteiger partial charge in [-0.25, -0.2) is 0 Å². The van der Waals surface area contributed by atoms with Gasteiger partial charge in [0.15, 0.2) is 0 Å².